The second-order valence-corrected chi connectivity index (χ2v) is 3.42. The minimum Gasteiger partial charge on any atom is -0.396 e. The molecule has 0 saturated heterocycles. The second kappa shape index (κ2) is 2.45. The molecule has 2 rings (SSSR count). The number of Topliss-reactive ketones (excluding diaryl/α,β-unsaturated/α-hetero) is 1. The highest BCUT2D eigenvalue weighted by molar-refractivity contribution is 5.88. The number of hydrogen-bond acceptors (Lipinski definition) is 2. The Hall–Kier alpha value is -0.630. The van der Waals surface area contributed by atoms with E-state index in [9.17, 15) is 4.79 Å². The van der Waals surface area contributed by atoms with E-state index < -0.39 is 0 Å². The molecule has 3 atom stereocenters. The molecule has 0 aromatic rings. The molecular formula is C9H12O2. The van der Waals surface area contributed by atoms with Crippen LogP contribution in [0.25, 0.3) is 0 Å². The first-order valence-corrected chi connectivity index (χ1v) is 4.16. The fourth-order valence-corrected chi connectivity index (χ4v) is 2.13. The third-order valence-electron chi connectivity index (χ3n) is 2.84. The van der Waals surface area contributed by atoms with E-state index >= 15 is 0 Å². The predicted molar refractivity (Wildman–Crippen MR) is 40.9 cm³/mol. The molecule has 60 valence electrons. The number of aliphatic hydroxyl groups excluding tert-OH is 1. The van der Waals surface area contributed by atoms with Crippen LogP contribution in [0.2, 0.25) is 0 Å². The van der Waals surface area contributed by atoms with E-state index in [1.165, 1.54) is 0 Å². The predicted octanol–water partition coefficient (Wildman–Crippen LogP) is 0.760. The Morgan fingerprint density at radius 3 is 3.00 bits per heavy atom. The van der Waals surface area contributed by atoms with Crippen LogP contribution >= 0.6 is 0 Å². The van der Waals surface area contributed by atoms with Crippen molar-refractivity contribution in [2.45, 2.75) is 12.8 Å². The Kier molecular flexibility index (Phi) is 1.57. The molecule has 0 radical (unpaired) electrons. The zero-order valence-electron chi connectivity index (χ0n) is 6.36. The molecule has 0 heterocycles. The summed E-state index contributed by atoms with van der Waals surface area (Å²) in [7, 11) is 0. The standard InChI is InChI=1S/C9H12O2/c10-5-7-2-1-6-3-4-8(7)9(6)11/h1-2,6-8,10H,3-5H2/t6-,7-,8-/m1/s1. The summed E-state index contributed by atoms with van der Waals surface area (Å²) in [6.45, 7) is 0.125. The minimum absolute atomic E-state index is 0.112. The Morgan fingerprint density at radius 1 is 1.45 bits per heavy atom. The summed E-state index contributed by atoms with van der Waals surface area (Å²) in [6, 6.07) is 0. The third-order valence-corrected chi connectivity index (χ3v) is 2.84. The smallest absolute Gasteiger partial charge is 0.143 e. The summed E-state index contributed by atoms with van der Waals surface area (Å²) in [5, 5.41) is 8.93. The lowest BCUT2D eigenvalue weighted by molar-refractivity contribution is -0.124. The molecule has 2 nitrogen and oxygen atoms in total. The number of rotatable bonds is 1. The summed E-state index contributed by atoms with van der Waals surface area (Å²) in [6.07, 6.45) is 5.94. The van der Waals surface area contributed by atoms with Crippen molar-refractivity contribution in [1.82, 2.24) is 0 Å². The van der Waals surface area contributed by atoms with Crippen LogP contribution in [0.1, 0.15) is 12.8 Å². The maximum Gasteiger partial charge on any atom is 0.143 e. The maximum atomic E-state index is 11.4. The Morgan fingerprint density at radius 2 is 2.27 bits per heavy atom. The van der Waals surface area contributed by atoms with Gasteiger partial charge in [-0.25, -0.2) is 0 Å². The number of allylic oxidation sites excluding steroid dienone is 1. The summed E-state index contributed by atoms with van der Waals surface area (Å²) in [4.78, 5) is 11.4. The number of ketones is 1. The van der Waals surface area contributed by atoms with Gasteiger partial charge in [0.1, 0.15) is 5.78 Å². The van der Waals surface area contributed by atoms with Crippen molar-refractivity contribution in [2.24, 2.45) is 17.8 Å². The first kappa shape index (κ1) is 7.04. The van der Waals surface area contributed by atoms with Gasteiger partial charge < -0.3 is 5.11 Å². The third kappa shape index (κ3) is 0.932. The molecule has 0 aromatic heterocycles. The minimum atomic E-state index is 0.112. The van der Waals surface area contributed by atoms with Crippen LogP contribution in [-0.4, -0.2) is 17.5 Å². The van der Waals surface area contributed by atoms with Gasteiger partial charge >= 0.3 is 0 Å². The summed E-state index contributed by atoms with van der Waals surface area (Å²) < 4.78 is 0. The molecule has 11 heavy (non-hydrogen) atoms. The van der Waals surface area contributed by atoms with Gasteiger partial charge in [0.05, 0.1) is 6.61 Å². The van der Waals surface area contributed by atoms with Gasteiger partial charge in [0.15, 0.2) is 0 Å². The van der Waals surface area contributed by atoms with Crippen LogP contribution in [0.4, 0.5) is 0 Å². The Bertz CT molecular complexity index is 208. The molecule has 0 amide bonds. The molecule has 0 aliphatic heterocycles. The van der Waals surface area contributed by atoms with E-state index in [0.717, 1.165) is 12.8 Å². The zero-order valence-corrected chi connectivity index (χ0v) is 6.36. The normalized spacial score (nSPS) is 41.5. The monoisotopic (exact) mass is 152 g/mol. The fourth-order valence-electron chi connectivity index (χ4n) is 2.13. The highest BCUT2D eigenvalue weighted by Gasteiger charge is 2.39. The highest BCUT2D eigenvalue weighted by atomic mass is 16.3. The van der Waals surface area contributed by atoms with E-state index in [1.54, 1.807) is 0 Å². The molecule has 1 saturated carbocycles. The fraction of sp³-hybridized carbons (Fsp3) is 0.667. The summed E-state index contributed by atoms with van der Waals surface area (Å²) >= 11 is 0. The molecule has 2 bridgehead atoms. The van der Waals surface area contributed by atoms with Crippen molar-refractivity contribution in [2.75, 3.05) is 6.61 Å². The van der Waals surface area contributed by atoms with Crippen molar-refractivity contribution in [3.8, 4) is 0 Å². The first-order valence-electron chi connectivity index (χ1n) is 4.16. The zero-order chi connectivity index (χ0) is 7.84. The lowest BCUT2D eigenvalue weighted by atomic mass is 9.85. The number of carbonyl (C=O) groups excluding carboxylic acids is 1. The van der Waals surface area contributed by atoms with E-state index in [0.29, 0.717) is 5.78 Å². The molecule has 2 aliphatic rings. The van der Waals surface area contributed by atoms with Gasteiger partial charge in [0.25, 0.3) is 0 Å². The molecule has 0 aromatic carbocycles. The lowest BCUT2D eigenvalue weighted by Crippen LogP contribution is -2.26. The van der Waals surface area contributed by atoms with Gasteiger partial charge in [0, 0.05) is 17.8 Å². The summed E-state index contributed by atoms with van der Waals surface area (Å²) in [5.41, 5.74) is 0. The first-order chi connectivity index (χ1) is 5.33. The summed E-state index contributed by atoms with van der Waals surface area (Å²) in [5.74, 6) is 0.783. The van der Waals surface area contributed by atoms with Gasteiger partial charge in [-0.3, -0.25) is 4.79 Å². The van der Waals surface area contributed by atoms with Gasteiger partial charge in [-0.1, -0.05) is 12.2 Å². The Balaban J connectivity index is 2.25. The van der Waals surface area contributed by atoms with Crippen molar-refractivity contribution in [1.29, 1.82) is 0 Å². The highest BCUT2D eigenvalue weighted by Crippen LogP contribution is 2.37. The molecule has 0 unspecified atom stereocenters. The lowest BCUT2D eigenvalue weighted by Gasteiger charge is -2.20. The van der Waals surface area contributed by atoms with E-state index in [-0.39, 0.29) is 24.4 Å². The van der Waals surface area contributed by atoms with Crippen molar-refractivity contribution < 1.29 is 9.90 Å². The number of aliphatic hydroxyl groups is 1. The molecular weight excluding hydrogens is 140 g/mol. The molecule has 0 spiro atoms. The molecule has 1 fully saturated rings. The second-order valence-electron chi connectivity index (χ2n) is 3.42. The Labute approximate surface area is 65.9 Å². The number of fused-ring (bicyclic) bond motifs is 2. The molecule has 2 aliphatic carbocycles. The molecule has 1 N–H and O–H groups in total. The largest absolute Gasteiger partial charge is 0.396 e. The molecule has 2 heteroatoms. The average Bonchev–Trinajstić information content (AvgIpc) is 2.31. The van der Waals surface area contributed by atoms with Gasteiger partial charge in [-0.05, 0) is 12.8 Å². The number of carbonyl (C=O) groups is 1. The SMILES string of the molecule is O=C1[C@@H]2C=C[C@H](CO)[C@H]1CC2. The van der Waals surface area contributed by atoms with Gasteiger partial charge in [-0.2, -0.15) is 0 Å². The van der Waals surface area contributed by atoms with E-state index in [2.05, 4.69) is 0 Å². The quantitative estimate of drug-likeness (QED) is 0.563. The van der Waals surface area contributed by atoms with Crippen molar-refractivity contribution in [3.63, 3.8) is 0 Å². The van der Waals surface area contributed by atoms with Crippen LogP contribution in [0.5, 0.6) is 0 Å². The van der Waals surface area contributed by atoms with Gasteiger partial charge in [0.2, 0.25) is 0 Å². The van der Waals surface area contributed by atoms with Crippen LogP contribution in [0, 0.1) is 17.8 Å². The van der Waals surface area contributed by atoms with Crippen LogP contribution < -0.4 is 0 Å². The maximum absolute atomic E-state index is 11.4. The van der Waals surface area contributed by atoms with E-state index in [4.69, 9.17) is 5.11 Å². The van der Waals surface area contributed by atoms with Crippen molar-refractivity contribution in [3.05, 3.63) is 12.2 Å². The average molecular weight is 152 g/mol. The topological polar surface area (TPSA) is 37.3 Å². The van der Waals surface area contributed by atoms with Gasteiger partial charge in [-0.15, -0.1) is 0 Å². The van der Waals surface area contributed by atoms with E-state index in [1.807, 2.05) is 12.2 Å². The number of hydrogen-bond donors (Lipinski definition) is 1. The van der Waals surface area contributed by atoms with Crippen LogP contribution in [0.15, 0.2) is 12.2 Å². The van der Waals surface area contributed by atoms with Crippen LogP contribution in [0.3, 0.4) is 0 Å². The van der Waals surface area contributed by atoms with Crippen LogP contribution in [-0.2, 0) is 4.79 Å². The van der Waals surface area contributed by atoms with Crippen molar-refractivity contribution >= 4 is 5.78 Å².